The molecule has 4 aromatic carbocycles. The molecule has 9 heteroatoms. The Hall–Kier alpha value is -5.57. The number of ketones is 1. The van der Waals surface area contributed by atoms with Gasteiger partial charge in [-0.2, -0.15) is 0 Å². The Bertz CT molecular complexity index is 1890. The highest BCUT2D eigenvalue weighted by atomic mass is 16.5. The summed E-state index contributed by atoms with van der Waals surface area (Å²) in [6.07, 6.45) is 1.76. The molecule has 7 rings (SSSR count). The summed E-state index contributed by atoms with van der Waals surface area (Å²) in [5, 5.41) is 0. The summed E-state index contributed by atoms with van der Waals surface area (Å²) in [6.45, 7) is -0.526. The van der Waals surface area contributed by atoms with E-state index in [1.54, 1.807) is 36.4 Å². The molecule has 5 atom stereocenters. The lowest BCUT2D eigenvalue weighted by Crippen LogP contribution is -2.33. The van der Waals surface area contributed by atoms with Gasteiger partial charge < -0.3 is 14.2 Å². The van der Waals surface area contributed by atoms with E-state index >= 15 is 0 Å². The fraction of sp³-hybridized carbons (Fsp3) is 0.237. The van der Waals surface area contributed by atoms with Crippen LogP contribution in [0.25, 0.3) is 0 Å². The molecular formula is C38H31NO8. The maximum Gasteiger partial charge on any atom is 0.343 e. The molecule has 9 nitrogen and oxygen atoms in total. The van der Waals surface area contributed by atoms with E-state index in [4.69, 9.17) is 14.2 Å². The van der Waals surface area contributed by atoms with E-state index in [2.05, 4.69) is 12.1 Å². The van der Waals surface area contributed by atoms with Gasteiger partial charge in [0.25, 0.3) is 0 Å². The molecular weight excluding hydrogens is 598 g/mol. The Kier molecular flexibility index (Phi) is 7.89. The number of imide groups is 1. The highest BCUT2D eigenvalue weighted by Crippen LogP contribution is 2.61. The summed E-state index contributed by atoms with van der Waals surface area (Å²) in [5.74, 6) is -1.64. The molecule has 0 radical (unpaired) electrons. The molecule has 47 heavy (non-hydrogen) atoms. The van der Waals surface area contributed by atoms with Gasteiger partial charge in [-0.3, -0.25) is 19.3 Å². The van der Waals surface area contributed by atoms with Gasteiger partial charge in [0.15, 0.2) is 12.4 Å². The van der Waals surface area contributed by atoms with Crippen molar-refractivity contribution in [3.8, 4) is 11.5 Å². The second-order valence-electron chi connectivity index (χ2n) is 12.2. The van der Waals surface area contributed by atoms with Gasteiger partial charge in [0.05, 0.1) is 35.8 Å². The van der Waals surface area contributed by atoms with Crippen molar-refractivity contribution in [2.24, 2.45) is 23.7 Å². The fourth-order valence-corrected chi connectivity index (χ4v) is 7.49. The third-order valence-electron chi connectivity index (χ3n) is 9.61. The monoisotopic (exact) mass is 629 g/mol. The standard InChI is InChI=1S/C38H31NO8/c1-45-29-12-6-10-25(18-29)38(44)47-28-15-13-23(14-16-28)32(40)21-46-37(43)24-9-5-11-27(17-24)39-35(41)33-26-19-30(22-7-3-2-4-8-22)31(20-26)34(33)36(39)42/h2-18,26,30-31,33-34H,19-21H2,1H3. The zero-order chi connectivity index (χ0) is 32.7. The van der Waals surface area contributed by atoms with Crippen molar-refractivity contribution >= 4 is 35.2 Å². The second-order valence-corrected chi connectivity index (χ2v) is 12.2. The average Bonchev–Trinajstić information content (AvgIpc) is 3.78. The number of benzene rings is 4. The molecule has 0 N–H and O–H groups in total. The Labute approximate surface area is 271 Å². The summed E-state index contributed by atoms with van der Waals surface area (Å²) < 4.78 is 15.8. The number of nitrogens with zero attached hydrogens (tertiary/aromatic N) is 1. The fourth-order valence-electron chi connectivity index (χ4n) is 7.49. The van der Waals surface area contributed by atoms with Gasteiger partial charge in [0, 0.05) is 5.56 Å². The summed E-state index contributed by atoms with van der Waals surface area (Å²) >= 11 is 0. The number of carbonyl (C=O) groups is 5. The lowest BCUT2D eigenvalue weighted by atomic mass is 9.73. The highest BCUT2D eigenvalue weighted by Gasteiger charge is 2.64. The van der Waals surface area contributed by atoms with Gasteiger partial charge in [0.1, 0.15) is 11.5 Å². The molecule has 236 valence electrons. The minimum atomic E-state index is -0.757. The Morgan fingerprint density at radius 1 is 0.702 bits per heavy atom. The van der Waals surface area contributed by atoms with Crippen LogP contribution < -0.4 is 14.4 Å². The minimum Gasteiger partial charge on any atom is -0.497 e. The van der Waals surface area contributed by atoms with Crippen molar-refractivity contribution in [3.63, 3.8) is 0 Å². The van der Waals surface area contributed by atoms with Crippen LogP contribution >= 0.6 is 0 Å². The predicted molar refractivity (Wildman–Crippen MR) is 170 cm³/mol. The van der Waals surface area contributed by atoms with E-state index in [0.717, 1.165) is 12.8 Å². The topological polar surface area (TPSA) is 116 Å². The summed E-state index contributed by atoms with van der Waals surface area (Å²) in [7, 11) is 1.50. The number of Topliss-reactive ketones (excluding diaryl/α,β-unsaturated/α-hetero) is 1. The van der Waals surface area contributed by atoms with Crippen LogP contribution in [0.1, 0.15) is 55.4 Å². The van der Waals surface area contributed by atoms with Gasteiger partial charge in [-0.1, -0.05) is 42.5 Å². The van der Waals surface area contributed by atoms with Crippen molar-refractivity contribution < 1.29 is 38.2 Å². The maximum absolute atomic E-state index is 13.7. The summed E-state index contributed by atoms with van der Waals surface area (Å²) in [4.78, 5) is 66.7. The first kappa shape index (κ1) is 30.1. The smallest absolute Gasteiger partial charge is 0.343 e. The first-order valence-electron chi connectivity index (χ1n) is 15.5. The SMILES string of the molecule is COc1cccc(C(=O)Oc2ccc(C(=O)COC(=O)c3cccc(N4C(=O)C5C6CC(c7ccccc7)C(C6)C5C4=O)c3)cc2)c1. The average molecular weight is 630 g/mol. The Balaban J connectivity index is 0.973. The van der Waals surface area contributed by atoms with Crippen LogP contribution in [0.4, 0.5) is 5.69 Å². The first-order valence-corrected chi connectivity index (χ1v) is 15.5. The number of esters is 2. The van der Waals surface area contributed by atoms with Crippen molar-refractivity contribution in [2.45, 2.75) is 18.8 Å². The number of amides is 2. The van der Waals surface area contributed by atoms with Crippen molar-refractivity contribution in [1.82, 2.24) is 0 Å². The molecule has 1 saturated heterocycles. The lowest BCUT2D eigenvalue weighted by Gasteiger charge is -2.28. The Morgan fingerprint density at radius 3 is 2.15 bits per heavy atom. The third kappa shape index (κ3) is 5.58. The van der Waals surface area contributed by atoms with Crippen LogP contribution in [0.15, 0.2) is 103 Å². The third-order valence-corrected chi connectivity index (χ3v) is 9.61. The van der Waals surface area contributed by atoms with Crippen LogP contribution in [0.3, 0.4) is 0 Å². The highest BCUT2D eigenvalue weighted by molar-refractivity contribution is 6.23. The molecule has 4 aromatic rings. The Morgan fingerprint density at radius 2 is 1.40 bits per heavy atom. The van der Waals surface area contributed by atoms with E-state index in [9.17, 15) is 24.0 Å². The second kappa shape index (κ2) is 12.3. The quantitative estimate of drug-likeness (QED) is 0.0975. The van der Waals surface area contributed by atoms with Gasteiger partial charge in [-0.05, 0) is 96.8 Å². The number of anilines is 1. The zero-order valence-electron chi connectivity index (χ0n) is 25.5. The largest absolute Gasteiger partial charge is 0.497 e. The number of carbonyl (C=O) groups excluding carboxylic acids is 5. The molecule has 0 spiro atoms. The number of methoxy groups -OCH3 is 1. The zero-order valence-corrected chi connectivity index (χ0v) is 25.5. The first-order chi connectivity index (χ1) is 22.8. The van der Waals surface area contributed by atoms with Crippen molar-refractivity contribution in [3.05, 3.63) is 125 Å². The van der Waals surface area contributed by atoms with Crippen molar-refractivity contribution in [1.29, 1.82) is 0 Å². The number of hydrogen-bond acceptors (Lipinski definition) is 8. The molecule has 2 bridgehead atoms. The van der Waals surface area contributed by atoms with Gasteiger partial charge in [-0.25, -0.2) is 9.59 Å². The van der Waals surface area contributed by atoms with E-state index in [-0.39, 0.29) is 58.3 Å². The number of hydrogen-bond donors (Lipinski definition) is 0. The maximum atomic E-state index is 13.7. The van der Waals surface area contributed by atoms with E-state index in [1.807, 2.05) is 18.2 Å². The van der Waals surface area contributed by atoms with Gasteiger partial charge in [0.2, 0.25) is 11.8 Å². The molecule has 2 amide bonds. The number of fused-ring (bicyclic) bond motifs is 5. The number of ether oxygens (including phenoxy) is 3. The van der Waals surface area contributed by atoms with E-state index < -0.39 is 24.3 Å². The van der Waals surface area contributed by atoms with Crippen LogP contribution in [-0.2, 0) is 14.3 Å². The van der Waals surface area contributed by atoms with Crippen molar-refractivity contribution in [2.75, 3.05) is 18.6 Å². The molecule has 2 saturated carbocycles. The lowest BCUT2D eigenvalue weighted by molar-refractivity contribution is -0.123. The van der Waals surface area contributed by atoms with E-state index in [1.165, 1.54) is 54.0 Å². The predicted octanol–water partition coefficient (Wildman–Crippen LogP) is 5.88. The normalized spacial score (nSPS) is 22.6. The van der Waals surface area contributed by atoms with Gasteiger partial charge in [-0.15, -0.1) is 0 Å². The van der Waals surface area contributed by atoms with Gasteiger partial charge >= 0.3 is 11.9 Å². The number of rotatable bonds is 9. The van der Waals surface area contributed by atoms with Crippen LogP contribution in [-0.4, -0.2) is 43.3 Å². The molecule has 3 aliphatic rings. The molecule has 2 aliphatic carbocycles. The van der Waals surface area contributed by atoms with Crippen LogP contribution in [0.2, 0.25) is 0 Å². The minimum absolute atomic E-state index is 0.113. The van der Waals surface area contributed by atoms with Crippen LogP contribution in [0.5, 0.6) is 11.5 Å². The van der Waals surface area contributed by atoms with Crippen LogP contribution in [0, 0.1) is 23.7 Å². The molecule has 1 aliphatic heterocycles. The molecule has 3 fully saturated rings. The van der Waals surface area contributed by atoms with E-state index in [0.29, 0.717) is 17.0 Å². The molecule has 5 unspecified atom stereocenters. The summed E-state index contributed by atoms with van der Waals surface area (Å²) in [6, 6.07) is 28.8. The molecule has 1 heterocycles. The summed E-state index contributed by atoms with van der Waals surface area (Å²) in [5.41, 5.74) is 2.23. The molecule has 0 aromatic heterocycles.